The van der Waals surface area contributed by atoms with Crippen molar-refractivity contribution in [3.63, 3.8) is 0 Å². The molecule has 0 spiro atoms. The molecular weight excluding hydrogens is 396 g/mol. The number of carbonyl (C=O) groups excluding carboxylic acids is 1. The van der Waals surface area contributed by atoms with Gasteiger partial charge >= 0.3 is 5.97 Å². The third kappa shape index (κ3) is 4.93. The van der Waals surface area contributed by atoms with Gasteiger partial charge in [0.25, 0.3) is 20.0 Å². The Balaban J connectivity index is 2.17. The number of hydrogen-bond donors (Lipinski definition) is 3. The zero-order valence-corrected chi connectivity index (χ0v) is 14.8. The monoisotopic (exact) mass is 408 g/mol. The highest BCUT2D eigenvalue weighted by molar-refractivity contribution is 7.93. The average molecular weight is 408 g/mol. The molecule has 2 rings (SSSR count). The van der Waals surface area contributed by atoms with Crippen LogP contribution in [0.15, 0.2) is 33.5 Å². The minimum atomic E-state index is -4.08. The van der Waals surface area contributed by atoms with E-state index in [4.69, 9.17) is 15.0 Å². The topological polar surface area (TPSA) is 179 Å². The normalized spacial score (nSPS) is 11.9. The average Bonchev–Trinajstić information content (AvgIpc) is 3.00. The van der Waals surface area contributed by atoms with Gasteiger partial charge in [0.2, 0.25) is 9.47 Å². The van der Waals surface area contributed by atoms with Crippen molar-refractivity contribution >= 4 is 42.5 Å². The molecule has 0 bridgehead atoms. The van der Waals surface area contributed by atoms with Crippen LogP contribution in [0.1, 0.15) is 10.4 Å². The Labute approximate surface area is 146 Å². The summed E-state index contributed by atoms with van der Waals surface area (Å²) in [5.74, 6) is -0.715. The van der Waals surface area contributed by atoms with E-state index in [0.29, 0.717) is 11.3 Å². The van der Waals surface area contributed by atoms with Crippen molar-refractivity contribution in [3.8, 4) is 0 Å². The van der Waals surface area contributed by atoms with E-state index in [9.17, 15) is 21.6 Å². The summed E-state index contributed by atoms with van der Waals surface area (Å²) in [5, 5.41) is 19.8. The van der Waals surface area contributed by atoms with Gasteiger partial charge in [-0.3, -0.25) is 4.72 Å². The van der Waals surface area contributed by atoms with Crippen molar-refractivity contribution in [2.24, 2.45) is 5.14 Å². The number of aliphatic hydroxyl groups is 1. The molecule has 0 radical (unpaired) electrons. The second-order valence-electron chi connectivity index (χ2n) is 4.41. The number of carbonyl (C=O) groups is 1. The van der Waals surface area contributed by atoms with E-state index in [2.05, 4.69) is 14.9 Å². The van der Waals surface area contributed by atoms with Gasteiger partial charge in [-0.05, 0) is 24.3 Å². The summed E-state index contributed by atoms with van der Waals surface area (Å²) in [6.07, 6.45) is 0. The number of aromatic nitrogens is 2. The van der Waals surface area contributed by atoms with Gasteiger partial charge in [0, 0.05) is 0 Å². The van der Waals surface area contributed by atoms with E-state index < -0.39 is 30.4 Å². The van der Waals surface area contributed by atoms with Crippen LogP contribution in [0.2, 0.25) is 0 Å². The number of ether oxygens (including phenoxy) is 1. The minimum absolute atomic E-state index is 0.0971. The molecule has 0 saturated carbocycles. The number of esters is 1. The predicted octanol–water partition coefficient (Wildman–Crippen LogP) is -0.865. The number of anilines is 1. The maximum Gasteiger partial charge on any atom is 0.338 e. The zero-order valence-electron chi connectivity index (χ0n) is 12.3. The number of primary sulfonamides is 1. The number of nitrogens with zero attached hydrogens (tertiary/aromatic N) is 2. The largest absolute Gasteiger partial charge is 0.460 e. The molecule has 4 N–H and O–H groups in total. The highest BCUT2D eigenvalue weighted by Crippen LogP contribution is 2.22. The second-order valence-corrected chi connectivity index (χ2v) is 8.80. The van der Waals surface area contributed by atoms with Gasteiger partial charge in [-0.2, -0.15) is 0 Å². The maximum atomic E-state index is 12.2. The number of hydrogen-bond acceptors (Lipinski definition) is 10. The SMILES string of the molecule is NS(=O)(=O)c1nnc(NS(=O)(=O)c2ccc(C(=O)OCCO)cc2)s1. The van der Waals surface area contributed by atoms with E-state index in [0.717, 1.165) is 12.1 Å². The highest BCUT2D eigenvalue weighted by atomic mass is 32.2. The molecule has 136 valence electrons. The van der Waals surface area contributed by atoms with Crippen molar-refractivity contribution < 1.29 is 31.5 Å². The lowest BCUT2D eigenvalue weighted by Gasteiger charge is -2.06. The Kier molecular flexibility index (Phi) is 5.69. The number of nitrogens with one attached hydrogen (secondary N) is 1. The van der Waals surface area contributed by atoms with E-state index in [1.165, 1.54) is 12.1 Å². The fourth-order valence-electron chi connectivity index (χ4n) is 1.53. The van der Waals surface area contributed by atoms with Crippen molar-refractivity contribution in [2.45, 2.75) is 9.24 Å². The van der Waals surface area contributed by atoms with Gasteiger partial charge in [-0.1, -0.05) is 11.3 Å². The Morgan fingerprint density at radius 2 is 1.84 bits per heavy atom. The smallest absolute Gasteiger partial charge is 0.338 e. The molecule has 0 aliphatic carbocycles. The van der Waals surface area contributed by atoms with E-state index >= 15 is 0 Å². The zero-order chi connectivity index (χ0) is 18.7. The summed E-state index contributed by atoms with van der Waals surface area (Å²) in [6, 6.07) is 4.76. The number of benzene rings is 1. The summed E-state index contributed by atoms with van der Waals surface area (Å²) in [4.78, 5) is 11.4. The summed E-state index contributed by atoms with van der Waals surface area (Å²) >= 11 is 0.455. The van der Waals surface area contributed by atoms with Crippen molar-refractivity contribution in [1.82, 2.24) is 10.2 Å². The Bertz CT molecular complexity index is 967. The van der Waals surface area contributed by atoms with Crippen LogP contribution in [0.25, 0.3) is 0 Å². The minimum Gasteiger partial charge on any atom is -0.460 e. The van der Waals surface area contributed by atoms with Gasteiger partial charge < -0.3 is 9.84 Å². The fraction of sp³-hybridized carbons (Fsp3) is 0.182. The third-order valence-electron chi connectivity index (χ3n) is 2.60. The molecule has 25 heavy (non-hydrogen) atoms. The lowest BCUT2D eigenvalue weighted by atomic mass is 10.2. The third-order valence-corrected chi connectivity index (χ3v) is 6.23. The van der Waals surface area contributed by atoms with Crippen molar-refractivity contribution in [2.75, 3.05) is 17.9 Å². The molecule has 0 fully saturated rings. The molecule has 2 aromatic rings. The first-order valence-corrected chi connectivity index (χ1v) is 10.3. The van der Waals surface area contributed by atoms with E-state index in [-0.39, 0.29) is 28.8 Å². The summed E-state index contributed by atoms with van der Waals surface area (Å²) in [6.45, 7) is -0.506. The summed E-state index contributed by atoms with van der Waals surface area (Å²) in [7, 11) is -8.16. The van der Waals surface area contributed by atoms with Crippen LogP contribution in [0.4, 0.5) is 5.13 Å². The Hall–Kier alpha value is -2.13. The standard InChI is InChI=1S/C11H12N4O7S3/c12-24(18,19)11-14-13-10(23-11)15-25(20,21)8-3-1-7(2-4-8)9(17)22-6-5-16/h1-4,16H,5-6H2,(H,13,15)(H2,12,18,19). The van der Waals surface area contributed by atoms with Crippen LogP contribution in [-0.2, 0) is 24.8 Å². The first-order valence-electron chi connectivity index (χ1n) is 6.40. The predicted molar refractivity (Wildman–Crippen MR) is 85.9 cm³/mol. The molecule has 0 unspecified atom stereocenters. The molecule has 0 aliphatic heterocycles. The number of nitrogens with two attached hydrogens (primary N) is 1. The molecule has 11 nitrogen and oxygen atoms in total. The molecule has 14 heteroatoms. The van der Waals surface area contributed by atoms with Crippen LogP contribution in [0.5, 0.6) is 0 Å². The molecule has 1 aromatic heterocycles. The molecule has 1 aromatic carbocycles. The first-order chi connectivity index (χ1) is 11.6. The molecule has 0 atom stereocenters. The molecule has 0 amide bonds. The van der Waals surface area contributed by atoms with Crippen LogP contribution in [-0.4, -0.2) is 51.3 Å². The fourth-order valence-corrected chi connectivity index (χ4v) is 4.10. The lowest BCUT2D eigenvalue weighted by Crippen LogP contribution is -2.13. The maximum absolute atomic E-state index is 12.2. The quantitative estimate of drug-likeness (QED) is 0.491. The van der Waals surface area contributed by atoms with Gasteiger partial charge in [0.1, 0.15) is 6.61 Å². The lowest BCUT2D eigenvalue weighted by molar-refractivity contribution is 0.0433. The van der Waals surface area contributed by atoms with Crippen LogP contribution < -0.4 is 9.86 Å². The molecule has 0 aliphatic rings. The van der Waals surface area contributed by atoms with Crippen molar-refractivity contribution in [3.05, 3.63) is 29.8 Å². The molecule has 1 heterocycles. The second kappa shape index (κ2) is 7.40. The first kappa shape index (κ1) is 19.2. The molecular formula is C11H12N4O7S3. The molecule has 0 saturated heterocycles. The highest BCUT2D eigenvalue weighted by Gasteiger charge is 2.20. The van der Waals surface area contributed by atoms with Crippen molar-refractivity contribution in [1.29, 1.82) is 0 Å². The van der Waals surface area contributed by atoms with Gasteiger partial charge in [-0.25, -0.2) is 26.8 Å². The number of sulfonamides is 2. The van der Waals surface area contributed by atoms with Gasteiger partial charge in [-0.15, -0.1) is 10.2 Å². The Morgan fingerprint density at radius 1 is 1.20 bits per heavy atom. The van der Waals surface area contributed by atoms with Crippen LogP contribution in [0, 0.1) is 0 Å². The van der Waals surface area contributed by atoms with Gasteiger partial charge in [0.05, 0.1) is 17.1 Å². The number of aliphatic hydroxyl groups excluding tert-OH is 1. The van der Waals surface area contributed by atoms with E-state index in [1.807, 2.05) is 0 Å². The van der Waals surface area contributed by atoms with E-state index in [1.54, 1.807) is 0 Å². The van der Waals surface area contributed by atoms with Crippen LogP contribution in [0.3, 0.4) is 0 Å². The number of rotatable bonds is 7. The Morgan fingerprint density at radius 3 is 2.36 bits per heavy atom. The van der Waals surface area contributed by atoms with Crippen LogP contribution >= 0.6 is 11.3 Å². The summed E-state index contributed by atoms with van der Waals surface area (Å²) < 4.78 is 52.9. The van der Waals surface area contributed by atoms with Gasteiger partial charge in [0.15, 0.2) is 0 Å². The summed E-state index contributed by atoms with van der Waals surface area (Å²) in [5.41, 5.74) is 0.0971.